The summed E-state index contributed by atoms with van der Waals surface area (Å²) in [5.74, 6) is 0. The second-order valence-corrected chi connectivity index (χ2v) is 3.29. The molecule has 0 bridgehead atoms. The van der Waals surface area contributed by atoms with Crippen molar-refractivity contribution >= 4 is 11.8 Å². The van der Waals surface area contributed by atoms with Gasteiger partial charge in [-0.25, -0.2) is 4.79 Å². The molecule has 0 saturated heterocycles. The van der Waals surface area contributed by atoms with Crippen LogP contribution < -0.4 is 5.32 Å². The van der Waals surface area contributed by atoms with Gasteiger partial charge >= 0.3 is 6.09 Å². The Morgan fingerprint density at radius 3 is 2.77 bits per heavy atom. The number of anilines is 1. The molecule has 3 heteroatoms. The van der Waals surface area contributed by atoms with E-state index in [-0.39, 0.29) is 6.09 Å². The zero-order valence-corrected chi connectivity index (χ0v) is 7.68. The lowest BCUT2D eigenvalue weighted by Gasteiger charge is -2.18. The Balaban J connectivity index is 2.49. The Hall–Kier alpha value is -1.51. The fourth-order valence-corrected chi connectivity index (χ4v) is 1.40. The van der Waals surface area contributed by atoms with Crippen molar-refractivity contribution in [1.82, 2.24) is 0 Å². The number of nitrogens with one attached hydrogen (secondary N) is 1. The average Bonchev–Trinajstić information content (AvgIpc) is 2.08. The van der Waals surface area contributed by atoms with Gasteiger partial charge in [-0.05, 0) is 31.0 Å². The second kappa shape index (κ2) is 2.76. The van der Waals surface area contributed by atoms with Crippen LogP contribution in [-0.2, 0) is 11.3 Å². The van der Waals surface area contributed by atoms with E-state index in [0.717, 1.165) is 11.3 Å². The van der Waals surface area contributed by atoms with Crippen LogP contribution in [0.15, 0.2) is 12.1 Å². The smallest absolute Gasteiger partial charge is 0.411 e. The third-order valence-corrected chi connectivity index (χ3v) is 2.32. The van der Waals surface area contributed by atoms with Gasteiger partial charge in [-0.15, -0.1) is 0 Å². The van der Waals surface area contributed by atoms with Crippen molar-refractivity contribution in [3.8, 4) is 0 Å². The van der Waals surface area contributed by atoms with Gasteiger partial charge < -0.3 is 4.74 Å². The van der Waals surface area contributed by atoms with E-state index in [2.05, 4.69) is 5.32 Å². The molecular weight excluding hydrogens is 166 g/mol. The number of cyclic esters (lactones) is 1. The fourth-order valence-electron chi connectivity index (χ4n) is 1.40. The molecule has 0 radical (unpaired) electrons. The molecule has 3 nitrogen and oxygen atoms in total. The first-order valence-electron chi connectivity index (χ1n) is 4.21. The van der Waals surface area contributed by atoms with Crippen LogP contribution in [0.1, 0.15) is 16.7 Å². The highest BCUT2D eigenvalue weighted by Crippen LogP contribution is 2.24. The molecule has 0 unspecified atom stereocenters. The minimum atomic E-state index is -0.365. The Bertz CT molecular complexity index is 371. The van der Waals surface area contributed by atoms with Gasteiger partial charge in [-0.3, -0.25) is 5.32 Å². The molecule has 0 aromatic heterocycles. The van der Waals surface area contributed by atoms with Crippen molar-refractivity contribution in [2.24, 2.45) is 0 Å². The van der Waals surface area contributed by atoms with Gasteiger partial charge in [0.05, 0.1) is 5.69 Å². The van der Waals surface area contributed by atoms with Crippen LogP contribution >= 0.6 is 0 Å². The van der Waals surface area contributed by atoms with Crippen LogP contribution in [0.25, 0.3) is 0 Å². The van der Waals surface area contributed by atoms with Crippen LogP contribution in [0.4, 0.5) is 10.5 Å². The summed E-state index contributed by atoms with van der Waals surface area (Å²) in [4.78, 5) is 10.9. The first kappa shape index (κ1) is 8.10. The molecule has 1 amide bonds. The molecule has 0 spiro atoms. The number of rotatable bonds is 0. The van der Waals surface area contributed by atoms with Crippen LogP contribution in [0.3, 0.4) is 0 Å². The summed E-state index contributed by atoms with van der Waals surface area (Å²) in [6, 6.07) is 4.02. The summed E-state index contributed by atoms with van der Waals surface area (Å²) in [7, 11) is 0. The van der Waals surface area contributed by atoms with E-state index in [1.54, 1.807) is 0 Å². The summed E-state index contributed by atoms with van der Waals surface area (Å²) in [5, 5.41) is 2.67. The van der Waals surface area contributed by atoms with E-state index < -0.39 is 0 Å². The molecule has 0 atom stereocenters. The number of aryl methyl sites for hydroxylation is 2. The third-order valence-electron chi connectivity index (χ3n) is 2.32. The number of hydrogen-bond acceptors (Lipinski definition) is 2. The molecule has 0 fully saturated rings. The van der Waals surface area contributed by atoms with Gasteiger partial charge in [-0.2, -0.15) is 0 Å². The summed E-state index contributed by atoms with van der Waals surface area (Å²) in [6.45, 7) is 4.45. The quantitative estimate of drug-likeness (QED) is 0.660. The largest absolute Gasteiger partial charge is 0.444 e. The Kier molecular flexibility index (Phi) is 1.72. The molecule has 1 aromatic carbocycles. The van der Waals surface area contributed by atoms with Crippen molar-refractivity contribution < 1.29 is 9.53 Å². The Morgan fingerprint density at radius 1 is 1.31 bits per heavy atom. The van der Waals surface area contributed by atoms with Crippen LogP contribution in [-0.4, -0.2) is 6.09 Å². The van der Waals surface area contributed by atoms with E-state index in [1.165, 1.54) is 11.1 Å². The average molecular weight is 177 g/mol. The highest BCUT2D eigenvalue weighted by Gasteiger charge is 2.15. The monoisotopic (exact) mass is 177 g/mol. The summed E-state index contributed by atoms with van der Waals surface area (Å²) < 4.78 is 4.85. The molecule has 0 saturated carbocycles. The number of amides is 1. The number of carbonyl (C=O) groups excluding carboxylic acids is 1. The topological polar surface area (TPSA) is 38.3 Å². The lowest BCUT2D eigenvalue weighted by atomic mass is 10.0. The predicted octanol–water partition coefficient (Wildman–Crippen LogP) is 2.37. The molecule has 1 aliphatic rings. The summed E-state index contributed by atoms with van der Waals surface area (Å²) in [6.07, 6.45) is -0.365. The maximum Gasteiger partial charge on any atom is 0.411 e. The van der Waals surface area contributed by atoms with Crippen LogP contribution in [0.5, 0.6) is 0 Å². The number of carbonyl (C=O) groups is 1. The van der Waals surface area contributed by atoms with Crippen molar-refractivity contribution in [3.63, 3.8) is 0 Å². The van der Waals surface area contributed by atoms with Gasteiger partial charge in [0.15, 0.2) is 0 Å². The number of hydrogen-bond donors (Lipinski definition) is 1. The molecule has 68 valence electrons. The number of fused-ring (bicyclic) bond motifs is 1. The standard InChI is InChI=1S/C10H11NO2/c1-6-3-8-5-13-10(12)11-9(8)4-7(6)2/h3-4H,5H2,1-2H3,(H,11,12). The minimum absolute atomic E-state index is 0.365. The maximum absolute atomic E-state index is 10.9. The highest BCUT2D eigenvalue weighted by molar-refractivity contribution is 5.87. The lowest BCUT2D eigenvalue weighted by Crippen LogP contribution is -2.20. The maximum atomic E-state index is 10.9. The summed E-state index contributed by atoms with van der Waals surface area (Å²) in [5.41, 5.74) is 4.32. The molecule has 1 aromatic rings. The van der Waals surface area contributed by atoms with E-state index in [0.29, 0.717) is 6.61 Å². The first-order chi connectivity index (χ1) is 6.16. The fraction of sp³-hybridized carbons (Fsp3) is 0.300. The van der Waals surface area contributed by atoms with Gasteiger partial charge in [0.2, 0.25) is 0 Å². The van der Waals surface area contributed by atoms with Gasteiger partial charge in [0.1, 0.15) is 6.61 Å². The van der Waals surface area contributed by atoms with E-state index in [9.17, 15) is 4.79 Å². The van der Waals surface area contributed by atoms with Crippen molar-refractivity contribution in [3.05, 3.63) is 28.8 Å². The van der Waals surface area contributed by atoms with E-state index >= 15 is 0 Å². The van der Waals surface area contributed by atoms with Crippen LogP contribution in [0, 0.1) is 13.8 Å². The third kappa shape index (κ3) is 1.37. The minimum Gasteiger partial charge on any atom is -0.444 e. The zero-order valence-electron chi connectivity index (χ0n) is 7.68. The van der Waals surface area contributed by atoms with Crippen molar-refractivity contribution in [2.75, 3.05) is 5.32 Å². The molecule has 1 aliphatic heterocycles. The van der Waals surface area contributed by atoms with Gasteiger partial charge in [0.25, 0.3) is 0 Å². The molecule has 1 N–H and O–H groups in total. The van der Waals surface area contributed by atoms with E-state index in [1.807, 2.05) is 26.0 Å². The molecular formula is C10H11NO2. The van der Waals surface area contributed by atoms with E-state index in [4.69, 9.17) is 4.74 Å². The van der Waals surface area contributed by atoms with Crippen LogP contribution in [0.2, 0.25) is 0 Å². The van der Waals surface area contributed by atoms with Gasteiger partial charge in [-0.1, -0.05) is 6.07 Å². The first-order valence-corrected chi connectivity index (χ1v) is 4.21. The molecule has 13 heavy (non-hydrogen) atoms. The van der Waals surface area contributed by atoms with Crippen molar-refractivity contribution in [1.29, 1.82) is 0 Å². The number of benzene rings is 1. The molecule has 0 aliphatic carbocycles. The number of ether oxygens (including phenoxy) is 1. The molecule has 2 rings (SSSR count). The highest BCUT2D eigenvalue weighted by atomic mass is 16.5. The zero-order chi connectivity index (χ0) is 9.42. The van der Waals surface area contributed by atoms with Crippen molar-refractivity contribution in [2.45, 2.75) is 20.5 Å². The Morgan fingerprint density at radius 2 is 2.00 bits per heavy atom. The predicted molar refractivity (Wildman–Crippen MR) is 49.7 cm³/mol. The Labute approximate surface area is 76.7 Å². The normalized spacial score (nSPS) is 14.5. The van der Waals surface area contributed by atoms with Gasteiger partial charge in [0, 0.05) is 5.56 Å². The molecule has 1 heterocycles. The second-order valence-electron chi connectivity index (χ2n) is 3.29. The SMILES string of the molecule is Cc1cc2c(cc1C)NC(=O)OC2. The summed E-state index contributed by atoms with van der Waals surface area (Å²) >= 11 is 0. The lowest BCUT2D eigenvalue weighted by molar-refractivity contribution is 0.151.